The summed E-state index contributed by atoms with van der Waals surface area (Å²) >= 11 is 1.75. The summed E-state index contributed by atoms with van der Waals surface area (Å²) in [4.78, 5) is 15.7. The molecular weight excluding hydrogens is 299 g/mol. The molecule has 3 nitrogen and oxygen atoms in total. The highest BCUT2D eigenvalue weighted by Crippen LogP contribution is 2.33. The van der Waals surface area contributed by atoms with Gasteiger partial charge < -0.3 is 5.32 Å². The highest BCUT2D eigenvalue weighted by Gasteiger charge is 2.27. The number of halogens is 1. The van der Waals surface area contributed by atoms with Crippen LogP contribution in [0.1, 0.15) is 29.3 Å². The van der Waals surface area contributed by atoms with Gasteiger partial charge in [-0.3, -0.25) is 9.69 Å². The molecule has 0 bridgehead atoms. The number of likely N-dealkylation sites (tertiary alicyclic amines) is 1. The van der Waals surface area contributed by atoms with E-state index in [1.807, 2.05) is 0 Å². The Kier molecular flexibility index (Phi) is 4.85. The second-order valence-corrected chi connectivity index (χ2v) is 6.53. The topological polar surface area (TPSA) is 32.3 Å². The van der Waals surface area contributed by atoms with Gasteiger partial charge in [-0.25, -0.2) is 4.39 Å². The number of hydrogen-bond donors (Lipinski definition) is 1. The minimum absolute atomic E-state index is 0.0211. The Morgan fingerprint density at radius 2 is 2.14 bits per heavy atom. The smallest absolute Gasteiger partial charge is 0.234 e. The maximum atomic E-state index is 12.8. The molecule has 1 N–H and O–H groups in total. The average molecular weight is 318 g/mol. The molecule has 2 aromatic rings. The lowest BCUT2D eigenvalue weighted by molar-refractivity contribution is -0.122. The number of thiophene rings is 1. The van der Waals surface area contributed by atoms with Crippen LogP contribution in [0.15, 0.2) is 41.8 Å². The van der Waals surface area contributed by atoms with Crippen LogP contribution in [0.5, 0.6) is 0 Å². The van der Waals surface area contributed by atoms with Crippen molar-refractivity contribution >= 4 is 17.2 Å². The van der Waals surface area contributed by atoms with Gasteiger partial charge in [-0.1, -0.05) is 18.2 Å². The standard InChI is InChI=1S/C17H19FN2OS/c18-14-7-5-13(6-8-14)11-19-17(21)12-20-9-1-3-15(20)16-4-2-10-22-16/h2,4-8,10,15H,1,3,9,11-12H2,(H,19,21). The molecule has 0 radical (unpaired) electrons. The lowest BCUT2D eigenvalue weighted by Crippen LogP contribution is -2.36. The summed E-state index contributed by atoms with van der Waals surface area (Å²) in [6, 6.07) is 10.8. The van der Waals surface area contributed by atoms with Gasteiger partial charge in [-0.15, -0.1) is 11.3 Å². The Bertz CT molecular complexity index is 612. The van der Waals surface area contributed by atoms with Crippen LogP contribution in [0.25, 0.3) is 0 Å². The fraction of sp³-hybridized carbons (Fsp3) is 0.353. The molecule has 1 atom stereocenters. The zero-order valence-corrected chi connectivity index (χ0v) is 13.1. The zero-order chi connectivity index (χ0) is 15.4. The highest BCUT2D eigenvalue weighted by atomic mass is 32.1. The molecule has 0 spiro atoms. The molecule has 1 aromatic carbocycles. The molecule has 22 heavy (non-hydrogen) atoms. The van der Waals surface area contributed by atoms with Crippen LogP contribution in [0, 0.1) is 5.82 Å². The van der Waals surface area contributed by atoms with Crippen LogP contribution in [-0.4, -0.2) is 23.9 Å². The Hall–Kier alpha value is -1.72. The number of hydrogen-bond acceptors (Lipinski definition) is 3. The summed E-state index contributed by atoms with van der Waals surface area (Å²) in [6.07, 6.45) is 2.25. The van der Waals surface area contributed by atoms with E-state index in [0.717, 1.165) is 24.9 Å². The third-order valence-electron chi connectivity index (χ3n) is 3.98. The number of amides is 1. The first-order chi connectivity index (χ1) is 10.7. The molecule has 2 heterocycles. The zero-order valence-electron chi connectivity index (χ0n) is 12.3. The Balaban J connectivity index is 1.52. The van der Waals surface area contributed by atoms with Crippen molar-refractivity contribution < 1.29 is 9.18 Å². The molecule has 1 amide bonds. The van der Waals surface area contributed by atoms with Gasteiger partial charge in [-0.05, 0) is 48.5 Å². The van der Waals surface area contributed by atoms with Crippen molar-refractivity contribution in [1.29, 1.82) is 0 Å². The summed E-state index contributed by atoms with van der Waals surface area (Å²) in [5.41, 5.74) is 0.908. The lowest BCUT2D eigenvalue weighted by atomic mass is 10.2. The van der Waals surface area contributed by atoms with Gasteiger partial charge in [0.1, 0.15) is 5.82 Å². The molecule has 0 saturated carbocycles. The second kappa shape index (κ2) is 7.03. The maximum Gasteiger partial charge on any atom is 0.234 e. The highest BCUT2D eigenvalue weighted by molar-refractivity contribution is 7.10. The monoisotopic (exact) mass is 318 g/mol. The predicted octanol–water partition coefficient (Wildman–Crippen LogP) is 3.34. The number of carbonyl (C=O) groups excluding carboxylic acids is 1. The second-order valence-electron chi connectivity index (χ2n) is 5.55. The van der Waals surface area contributed by atoms with Crippen LogP contribution in [0.2, 0.25) is 0 Å². The quantitative estimate of drug-likeness (QED) is 0.917. The van der Waals surface area contributed by atoms with Crippen LogP contribution < -0.4 is 5.32 Å². The van der Waals surface area contributed by atoms with Crippen LogP contribution >= 0.6 is 11.3 Å². The van der Waals surface area contributed by atoms with E-state index in [4.69, 9.17) is 0 Å². The van der Waals surface area contributed by atoms with E-state index in [2.05, 4.69) is 27.7 Å². The van der Waals surface area contributed by atoms with E-state index in [0.29, 0.717) is 19.1 Å². The van der Waals surface area contributed by atoms with Crippen molar-refractivity contribution in [2.24, 2.45) is 0 Å². The van der Waals surface area contributed by atoms with Gasteiger partial charge in [0, 0.05) is 17.5 Å². The fourth-order valence-electron chi connectivity index (χ4n) is 2.86. The van der Waals surface area contributed by atoms with E-state index in [1.165, 1.54) is 17.0 Å². The number of nitrogens with one attached hydrogen (secondary N) is 1. The van der Waals surface area contributed by atoms with Gasteiger partial charge in [0.2, 0.25) is 5.91 Å². The fourth-order valence-corrected chi connectivity index (χ4v) is 3.76. The summed E-state index contributed by atoms with van der Waals surface area (Å²) in [7, 11) is 0. The minimum atomic E-state index is -0.258. The molecule has 1 aromatic heterocycles. The number of rotatable bonds is 5. The number of benzene rings is 1. The van der Waals surface area contributed by atoms with Crippen molar-refractivity contribution in [2.75, 3.05) is 13.1 Å². The number of carbonyl (C=O) groups is 1. The molecule has 1 fully saturated rings. The van der Waals surface area contributed by atoms with E-state index in [-0.39, 0.29) is 11.7 Å². The molecule has 1 unspecified atom stereocenters. The first kappa shape index (κ1) is 15.2. The molecule has 5 heteroatoms. The Morgan fingerprint density at radius 1 is 1.32 bits per heavy atom. The third-order valence-corrected chi connectivity index (χ3v) is 4.96. The largest absolute Gasteiger partial charge is 0.351 e. The van der Waals surface area contributed by atoms with Crippen molar-refractivity contribution in [3.63, 3.8) is 0 Å². The first-order valence-corrected chi connectivity index (χ1v) is 8.39. The van der Waals surface area contributed by atoms with E-state index >= 15 is 0 Å². The molecule has 3 rings (SSSR count). The Morgan fingerprint density at radius 3 is 2.86 bits per heavy atom. The summed E-state index contributed by atoms with van der Waals surface area (Å²) < 4.78 is 12.8. The normalized spacial score (nSPS) is 18.5. The summed E-state index contributed by atoms with van der Waals surface area (Å²) in [6.45, 7) is 1.83. The van der Waals surface area contributed by atoms with Gasteiger partial charge in [0.05, 0.1) is 6.54 Å². The van der Waals surface area contributed by atoms with E-state index in [9.17, 15) is 9.18 Å². The van der Waals surface area contributed by atoms with Crippen molar-refractivity contribution in [2.45, 2.75) is 25.4 Å². The maximum absolute atomic E-state index is 12.8. The molecule has 116 valence electrons. The van der Waals surface area contributed by atoms with Crippen molar-refractivity contribution in [3.05, 3.63) is 58.0 Å². The average Bonchev–Trinajstić information content (AvgIpc) is 3.17. The summed E-state index contributed by atoms with van der Waals surface area (Å²) in [5.74, 6) is -0.237. The molecule has 1 aliphatic heterocycles. The third kappa shape index (κ3) is 3.72. The molecule has 0 aliphatic carbocycles. The van der Waals surface area contributed by atoms with Crippen molar-refractivity contribution in [1.82, 2.24) is 10.2 Å². The van der Waals surface area contributed by atoms with Crippen molar-refractivity contribution in [3.8, 4) is 0 Å². The van der Waals surface area contributed by atoms with Crippen LogP contribution in [0.3, 0.4) is 0 Å². The SMILES string of the molecule is O=C(CN1CCCC1c1cccs1)NCc1ccc(F)cc1. The predicted molar refractivity (Wildman–Crippen MR) is 86.1 cm³/mol. The minimum Gasteiger partial charge on any atom is -0.351 e. The Labute approximate surface area is 133 Å². The molecule has 1 saturated heterocycles. The molecular formula is C17H19FN2OS. The van der Waals surface area contributed by atoms with Crippen LogP contribution in [-0.2, 0) is 11.3 Å². The van der Waals surface area contributed by atoms with E-state index < -0.39 is 0 Å². The lowest BCUT2D eigenvalue weighted by Gasteiger charge is -2.22. The van der Waals surface area contributed by atoms with Gasteiger partial charge >= 0.3 is 0 Å². The molecule has 1 aliphatic rings. The first-order valence-electron chi connectivity index (χ1n) is 7.51. The van der Waals surface area contributed by atoms with Gasteiger partial charge in [0.25, 0.3) is 0 Å². The number of nitrogens with zero attached hydrogens (tertiary/aromatic N) is 1. The van der Waals surface area contributed by atoms with Gasteiger partial charge in [-0.2, -0.15) is 0 Å². The van der Waals surface area contributed by atoms with E-state index in [1.54, 1.807) is 23.5 Å². The van der Waals surface area contributed by atoms with Gasteiger partial charge in [0.15, 0.2) is 0 Å². The summed E-state index contributed by atoms with van der Waals surface area (Å²) in [5, 5.41) is 5.00. The van der Waals surface area contributed by atoms with Crippen LogP contribution in [0.4, 0.5) is 4.39 Å².